The third-order valence-corrected chi connectivity index (χ3v) is 3.28. The molecular weight excluding hydrogens is 236 g/mol. The van der Waals surface area contributed by atoms with Crippen LogP contribution in [0.25, 0.3) is 0 Å². The first-order chi connectivity index (χ1) is 8.27. The standard InChI is InChI=1S/C10H18N6S/c1-8-9(16-7-15-8)5-17-4-3-13-10(12-2)14-6-11/h15-16H,3-5,7H2,1-2H3,(H2,12,13,14). The molecule has 1 heterocycles. The first kappa shape index (κ1) is 13.5. The molecule has 17 heavy (non-hydrogen) atoms. The zero-order valence-electron chi connectivity index (χ0n) is 10.1. The largest absolute Gasteiger partial charge is 0.370 e. The van der Waals surface area contributed by atoms with Crippen molar-refractivity contribution in [3.8, 4) is 6.19 Å². The molecule has 0 aromatic rings. The van der Waals surface area contributed by atoms with Crippen molar-refractivity contribution < 1.29 is 0 Å². The minimum atomic E-state index is 0.518. The molecule has 0 aliphatic carbocycles. The molecule has 0 atom stereocenters. The SMILES string of the molecule is CN=C(NC#N)NCCSCC1=C(C)NCN1. The van der Waals surface area contributed by atoms with Gasteiger partial charge in [-0.25, -0.2) is 0 Å². The smallest absolute Gasteiger partial charge is 0.204 e. The fourth-order valence-electron chi connectivity index (χ4n) is 1.33. The Bertz CT molecular complexity index is 343. The lowest BCUT2D eigenvalue weighted by Crippen LogP contribution is -2.35. The summed E-state index contributed by atoms with van der Waals surface area (Å²) in [5, 5.41) is 20.5. The molecule has 0 aromatic heterocycles. The van der Waals surface area contributed by atoms with Crippen molar-refractivity contribution in [1.82, 2.24) is 21.3 Å². The van der Waals surface area contributed by atoms with Gasteiger partial charge in [-0.3, -0.25) is 10.3 Å². The average Bonchev–Trinajstić information content (AvgIpc) is 2.73. The van der Waals surface area contributed by atoms with Crippen LogP contribution in [-0.2, 0) is 0 Å². The van der Waals surface area contributed by atoms with Gasteiger partial charge >= 0.3 is 0 Å². The van der Waals surface area contributed by atoms with Crippen LogP contribution in [0.3, 0.4) is 0 Å². The Labute approximate surface area is 106 Å². The molecular formula is C10H18N6S. The van der Waals surface area contributed by atoms with E-state index in [0.29, 0.717) is 5.96 Å². The fourth-order valence-corrected chi connectivity index (χ4v) is 2.24. The number of guanidine groups is 1. The molecule has 1 aliphatic rings. The van der Waals surface area contributed by atoms with Crippen molar-refractivity contribution in [2.75, 3.05) is 31.8 Å². The number of nitrogens with zero attached hydrogens (tertiary/aromatic N) is 2. The van der Waals surface area contributed by atoms with E-state index >= 15 is 0 Å². The Balaban J connectivity index is 2.09. The molecule has 6 nitrogen and oxygen atoms in total. The van der Waals surface area contributed by atoms with Gasteiger partial charge in [-0.2, -0.15) is 17.0 Å². The molecule has 0 amide bonds. The second-order valence-electron chi connectivity index (χ2n) is 3.42. The highest BCUT2D eigenvalue weighted by Gasteiger charge is 2.07. The third-order valence-electron chi connectivity index (χ3n) is 2.29. The highest BCUT2D eigenvalue weighted by molar-refractivity contribution is 7.99. The van der Waals surface area contributed by atoms with Gasteiger partial charge in [0.05, 0.1) is 6.67 Å². The maximum atomic E-state index is 8.43. The van der Waals surface area contributed by atoms with E-state index in [1.807, 2.05) is 18.0 Å². The maximum Gasteiger partial charge on any atom is 0.204 e. The van der Waals surface area contributed by atoms with Crippen LogP contribution >= 0.6 is 11.8 Å². The van der Waals surface area contributed by atoms with Gasteiger partial charge in [0, 0.05) is 36.5 Å². The Kier molecular flexibility index (Phi) is 6.10. The van der Waals surface area contributed by atoms with E-state index in [2.05, 4.69) is 33.2 Å². The molecule has 4 N–H and O–H groups in total. The predicted octanol–water partition coefficient (Wildman–Crippen LogP) is -0.253. The molecule has 94 valence electrons. The number of hydrogen-bond acceptors (Lipinski definition) is 5. The van der Waals surface area contributed by atoms with Crippen LogP contribution < -0.4 is 21.3 Å². The van der Waals surface area contributed by atoms with Crippen LogP contribution in [0.2, 0.25) is 0 Å². The van der Waals surface area contributed by atoms with Gasteiger partial charge in [0.1, 0.15) is 0 Å². The van der Waals surface area contributed by atoms with Gasteiger partial charge in [-0.15, -0.1) is 0 Å². The van der Waals surface area contributed by atoms with E-state index in [4.69, 9.17) is 5.26 Å². The van der Waals surface area contributed by atoms with Gasteiger partial charge in [0.15, 0.2) is 6.19 Å². The Morgan fingerprint density at radius 1 is 1.59 bits per heavy atom. The van der Waals surface area contributed by atoms with Gasteiger partial charge < -0.3 is 16.0 Å². The van der Waals surface area contributed by atoms with E-state index < -0.39 is 0 Å². The van der Waals surface area contributed by atoms with Crippen LogP contribution in [0.4, 0.5) is 0 Å². The summed E-state index contributed by atoms with van der Waals surface area (Å²) in [7, 11) is 1.64. The van der Waals surface area contributed by atoms with Gasteiger partial charge in [0.25, 0.3) is 0 Å². The van der Waals surface area contributed by atoms with E-state index in [-0.39, 0.29) is 0 Å². The lowest BCUT2D eigenvalue weighted by atomic mass is 10.4. The Morgan fingerprint density at radius 2 is 2.41 bits per heavy atom. The molecule has 0 radical (unpaired) electrons. The lowest BCUT2D eigenvalue weighted by molar-refractivity contribution is 0.799. The number of nitrogens with one attached hydrogen (secondary N) is 4. The topological polar surface area (TPSA) is 84.3 Å². The number of thioether (sulfide) groups is 1. The van der Waals surface area contributed by atoms with Crippen LogP contribution in [0, 0.1) is 11.5 Å². The van der Waals surface area contributed by atoms with E-state index in [1.165, 1.54) is 11.4 Å². The summed E-state index contributed by atoms with van der Waals surface area (Å²) < 4.78 is 0. The first-order valence-electron chi connectivity index (χ1n) is 5.39. The normalized spacial score (nSPS) is 15.0. The van der Waals surface area contributed by atoms with Gasteiger partial charge in [-0.05, 0) is 6.92 Å². The molecule has 7 heteroatoms. The van der Waals surface area contributed by atoms with E-state index in [0.717, 1.165) is 24.7 Å². The maximum absolute atomic E-state index is 8.43. The summed E-state index contributed by atoms with van der Waals surface area (Å²) in [5.41, 5.74) is 2.50. The molecule has 0 aromatic carbocycles. The molecule has 0 bridgehead atoms. The van der Waals surface area contributed by atoms with Gasteiger partial charge in [-0.1, -0.05) is 0 Å². The summed E-state index contributed by atoms with van der Waals surface area (Å²) in [4.78, 5) is 3.90. The summed E-state index contributed by atoms with van der Waals surface area (Å²) in [6.45, 7) is 3.69. The van der Waals surface area contributed by atoms with E-state index in [1.54, 1.807) is 7.05 Å². The summed E-state index contributed by atoms with van der Waals surface area (Å²) in [5.74, 6) is 2.46. The summed E-state index contributed by atoms with van der Waals surface area (Å²) in [6, 6.07) is 0. The summed E-state index contributed by atoms with van der Waals surface area (Å²) in [6.07, 6.45) is 1.83. The first-order valence-corrected chi connectivity index (χ1v) is 6.54. The quantitative estimate of drug-likeness (QED) is 0.178. The number of nitriles is 1. The second kappa shape index (κ2) is 7.68. The van der Waals surface area contributed by atoms with Crippen molar-refractivity contribution in [3.05, 3.63) is 11.4 Å². The van der Waals surface area contributed by atoms with Crippen LogP contribution in [0.1, 0.15) is 6.92 Å². The third kappa shape index (κ3) is 4.87. The second-order valence-corrected chi connectivity index (χ2v) is 4.53. The average molecular weight is 254 g/mol. The molecule has 1 aliphatic heterocycles. The zero-order chi connectivity index (χ0) is 12.5. The van der Waals surface area contributed by atoms with Crippen molar-refractivity contribution in [3.63, 3.8) is 0 Å². The number of hydrogen-bond donors (Lipinski definition) is 4. The van der Waals surface area contributed by atoms with Crippen molar-refractivity contribution in [1.29, 1.82) is 5.26 Å². The van der Waals surface area contributed by atoms with Crippen LogP contribution in [0.5, 0.6) is 0 Å². The summed E-state index contributed by atoms with van der Waals surface area (Å²) >= 11 is 1.84. The number of aliphatic imine (C=N–C) groups is 1. The van der Waals surface area contributed by atoms with Gasteiger partial charge in [0.2, 0.25) is 5.96 Å². The molecule has 1 rings (SSSR count). The monoisotopic (exact) mass is 254 g/mol. The number of rotatable bonds is 5. The molecule has 0 fully saturated rings. The minimum Gasteiger partial charge on any atom is -0.370 e. The highest BCUT2D eigenvalue weighted by atomic mass is 32.2. The van der Waals surface area contributed by atoms with Crippen molar-refractivity contribution in [2.24, 2.45) is 4.99 Å². The molecule has 0 saturated heterocycles. The molecule has 0 unspecified atom stereocenters. The van der Waals surface area contributed by atoms with Crippen molar-refractivity contribution >= 4 is 17.7 Å². The number of allylic oxidation sites excluding steroid dienone is 1. The minimum absolute atomic E-state index is 0.518. The lowest BCUT2D eigenvalue weighted by Gasteiger charge is -2.07. The zero-order valence-corrected chi connectivity index (χ0v) is 10.9. The fraction of sp³-hybridized carbons (Fsp3) is 0.600. The van der Waals surface area contributed by atoms with Crippen LogP contribution in [0.15, 0.2) is 16.4 Å². The van der Waals surface area contributed by atoms with E-state index in [9.17, 15) is 0 Å². The molecule has 0 saturated carbocycles. The van der Waals surface area contributed by atoms with Crippen molar-refractivity contribution in [2.45, 2.75) is 6.92 Å². The predicted molar refractivity (Wildman–Crippen MR) is 71.3 cm³/mol. The Morgan fingerprint density at radius 3 is 3.00 bits per heavy atom. The molecule has 0 spiro atoms. The van der Waals surface area contributed by atoms with Crippen LogP contribution in [-0.4, -0.2) is 37.7 Å². The highest BCUT2D eigenvalue weighted by Crippen LogP contribution is 2.10. The Hall–Kier alpha value is -1.55.